The molecule has 0 radical (unpaired) electrons. The summed E-state index contributed by atoms with van der Waals surface area (Å²) in [5.74, 6) is 1.67. The van der Waals surface area contributed by atoms with Gasteiger partial charge in [-0.3, -0.25) is 0 Å². The number of nitrogens with zero attached hydrogens (tertiary/aromatic N) is 1. The van der Waals surface area contributed by atoms with Gasteiger partial charge in [-0.1, -0.05) is 194 Å². The van der Waals surface area contributed by atoms with E-state index in [1.54, 1.807) is 0 Å². The minimum absolute atomic E-state index is 0.820. The Morgan fingerprint density at radius 3 is 1.30 bits per heavy atom. The summed E-state index contributed by atoms with van der Waals surface area (Å²) in [7, 11) is 0. The molecule has 300 valence electrons. The molecule has 12 rings (SSSR count). The highest BCUT2D eigenvalue weighted by atomic mass is 16.5. The van der Waals surface area contributed by atoms with Crippen molar-refractivity contribution < 1.29 is 4.74 Å². The van der Waals surface area contributed by atoms with E-state index in [1.165, 1.54) is 55.1 Å². The second-order valence-corrected chi connectivity index (χ2v) is 16.5. The first kappa shape index (κ1) is 37.3. The third-order valence-corrected chi connectivity index (χ3v) is 12.7. The molecule has 0 N–H and O–H groups in total. The lowest BCUT2D eigenvalue weighted by atomic mass is 9.85. The fraction of sp³-hybridized carbons (Fsp3) is 0. The van der Waals surface area contributed by atoms with Gasteiger partial charge in [-0.25, -0.2) is 0 Å². The zero-order valence-electron chi connectivity index (χ0n) is 35.0. The molecule has 0 saturated heterocycles. The minimum atomic E-state index is 0.820. The summed E-state index contributed by atoms with van der Waals surface area (Å²) in [6.07, 6.45) is 0. The van der Waals surface area contributed by atoms with E-state index in [0.717, 1.165) is 61.8 Å². The number of rotatable bonds is 7. The SMILES string of the molecule is c1ccc(-c2ccc(-c3ccc(N(c4ccc(-c5ccccc5)cc4)c4ccc5c(c4)-c4c(cccc4-c4cccc6ccccc46)-c4cc6ccccc6cc4O5)cc3)cc2)cc1. The Kier molecular flexibility index (Phi) is 9.20. The van der Waals surface area contributed by atoms with Crippen LogP contribution in [0.15, 0.2) is 249 Å². The van der Waals surface area contributed by atoms with Crippen molar-refractivity contribution in [3.63, 3.8) is 0 Å². The standard InChI is InChI=1S/C62H41NO/c1-3-13-42(14-4-1)44-25-27-45(28-26-44)47-31-35-52(36-32-47)63(51-33-29-46(30-34-51)43-15-5-2-6-16-43)53-37-38-60-59(41-53)62-56(55-22-11-20-48-17-9-10-21-54(48)55)23-12-24-57(62)58-39-49-18-7-8-19-50(49)40-61(58)64-60/h1-41H. The van der Waals surface area contributed by atoms with Crippen LogP contribution in [0.3, 0.4) is 0 Å². The molecule has 0 aliphatic carbocycles. The van der Waals surface area contributed by atoms with Gasteiger partial charge in [0.15, 0.2) is 0 Å². The molecule has 0 aromatic heterocycles. The van der Waals surface area contributed by atoms with Gasteiger partial charge in [0.1, 0.15) is 11.5 Å². The van der Waals surface area contributed by atoms with Crippen LogP contribution in [0.5, 0.6) is 11.5 Å². The first-order valence-corrected chi connectivity index (χ1v) is 21.9. The largest absolute Gasteiger partial charge is 0.456 e. The van der Waals surface area contributed by atoms with E-state index in [0.29, 0.717) is 0 Å². The third-order valence-electron chi connectivity index (χ3n) is 12.7. The maximum Gasteiger partial charge on any atom is 0.135 e. The Balaban J connectivity index is 1.03. The molecule has 0 saturated carbocycles. The summed E-state index contributed by atoms with van der Waals surface area (Å²) >= 11 is 0. The van der Waals surface area contributed by atoms with E-state index in [2.05, 4.69) is 254 Å². The smallest absolute Gasteiger partial charge is 0.135 e. The molecule has 1 heterocycles. The van der Waals surface area contributed by atoms with Crippen LogP contribution >= 0.6 is 0 Å². The molecule has 0 fully saturated rings. The van der Waals surface area contributed by atoms with Crippen LogP contribution in [0.25, 0.3) is 88.3 Å². The Labute approximate surface area is 373 Å². The fourth-order valence-corrected chi connectivity index (χ4v) is 9.50. The van der Waals surface area contributed by atoms with Crippen molar-refractivity contribution in [3.8, 4) is 78.3 Å². The fourth-order valence-electron chi connectivity index (χ4n) is 9.50. The van der Waals surface area contributed by atoms with E-state index < -0.39 is 0 Å². The van der Waals surface area contributed by atoms with Gasteiger partial charge in [0.05, 0.1) is 0 Å². The predicted molar refractivity (Wildman–Crippen MR) is 269 cm³/mol. The van der Waals surface area contributed by atoms with Gasteiger partial charge in [0.25, 0.3) is 0 Å². The molecule has 2 heteroatoms. The quantitative estimate of drug-likeness (QED) is 0.159. The van der Waals surface area contributed by atoms with Crippen molar-refractivity contribution in [2.45, 2.75) is 0 Å². The second kappa shape index (κ2) is 15.8. The van der Waals surface area contributed by atoms with Crippen molar-refractivity contribution in [2.75, 3.05) is 4.90 Å². The summed E-state index contributed by atoms with van der Waals surface area (Å²) in [6, 6.07) is 89.6. The molecule has 1 aliphatic heterocycles. The van der Waals surface area contributed by atoms with Crippen molar-refractivity contribution >= 4 is 38.6 Å². The molecule has 0 unspecified atom stereocenters. The van der Waals surface area contributed by atoms with Crippen molar-refractivity contribution in [1.82, 2.24) is 0 Å². The monoisotopic (exact) mass is 815 g/mol. The normalized spacial score (nSPS) is 11.6. The van der Waals surface area contributed by atoms with Crippen LogP contribution in [-0.4, -0.2) is 0 Å². The molecular formula is C62H41NO. The van der Waals surface area contributed by atoms with Crippen LogP contribution in [0.2, 0.25) is 0 Å². The van der Waals surface area contributed by atoms with Gasteiger partial charge >= 0.3 is 0 Å². The molecule has 1 aliphatic rings. The van der Waals surface area contributed by atoms with E-state index >= 15 is 0 Å². The van der Waals surface area contributed by atoms with Gasteiger partial charge in [0, 0.05) is 33.8 Å². The number of fused-ring (bicyclic) bond motifs is 7. The van der Waals surface area contributed by atoms with Gasteiger partial charge < -0.3 is 9.64 Å². The summed E-state index contributed by atoms with van der Waals surface area (Å²) < 4.78 is 7.07. The average molecular weight is 816 g/mol. The summed E-state index contributed by atoms with van der Waals surface area (Å²) in [4.78, 5) is 2.36. The predicted octanol–water partition coefficient (Wildman–Crippen LogP) is 17.6. The van der Waals surface area contributed by atoms with E-state index in [4.69, 9.17) is 4.74 Å². The lowest BCUT2D eigenvalue weighted by molar-refractivity contribution is 0.488. The number of ether oxygens (including phenoxy) is 1. The van der Waals surface area contributed by atoms with Crippen LogP contribution < -0.4 is 9.64 Å². The molecule has 0 atom stereocenters. The molecule has 11 aromatic rings. The van der Waals surface area contributed by atoms with Gasteiger partial charge in [-0.05, 0) is 126 Å². The average Bonchev–Trinajstić information content (AvgIpc) is 3.50. The minimum Gasteiger partial charge on any atom is -0.456 e. The Morgan fingerprint density at radius 2 is 0.688 bits per heavy atom. The van der Waals surface area contributed by atoms with E-state index in [-0.39, 0.29) is 0 Å². The Bertz CT molecular complexity index is 3480. The maximum absolute atomic E-state index is 7.07. The highest BCUT2D eigenvalue weighted by molar-refractivity contribution is 6.07. The Morgan fingerprint density at radius 1 is 0.250 bits per heavy atom. The van der Waals surface area contributed by atoms with Crippen molar-refractivity contribution in [1.29, 1.82) is 0 Å². The zero-order valence-corrected chi connectivity index (χ0v) is 35.0. The van der Waals surface area contributed by atoms with Gasteiger partial charge in [-0.2, -0.15) is 0 Å². The number of anilines is 3. The number of hydrogen-bond acceptors (Lipinski definition) is 2. The van der Waals surface area contributed by atoms with Crippen LogP contribution in [0.4, 0.5) is 17.1 Å². The molecule has 2 nitrogen and oxygen atoms in total. The lowest BCUT2D eigenvalue weighted by Crippen LogP contribution is -2.10. The van der Waals surface area contributed by atoms with E-state index in [9.17, 15) is 0 Å². The van der Waals surface area contributed by atoms with Crippen molar-refractivity contribution in [3.05, 3.63) is 249 Å². The number of benzene rings is 11. The third kappa shape index (κ3) is 6.70. The van der Waals surface area contributed by atoms with Crippen molar-refractivity contribution in [2.24, 2.45) is 0 Å². The molecular weight excluding hydrogens is 775 g/mol. The van der Waals surface area contributed by atoms with Gasteiger partial charge in [0.2, 0.25) is 0 Å². The second-order valence-electron chi connectivity index (χ2n) is 16.5. The van der Waals surface area contributed by atoms with Crippen LogP contribution in [0.1, 0.15) is 0 Å². The first-order valence-electron chi connectivity index (χ1n) is 21.9. The van der Waals surface area contributed by atoms with Crippen LogP contribution in [0, 0.1) is 0 Å². The maximum atomic E-state index is 7.07. The summed E-state index contributed by atoms with van der Waals surface area (Å²) in [6.45, 7) is 0. The lowest BCUT2D eigenvalue weighted by Gasteiger charge is -2.27. The number of hydrogen-bond donors (Lipinski definition) is 0. The molecule has 11 aromatic carbocycles. The zero-order chi connectivity index (χ0) is 42.4. The molecule has 64 heavy (non-hydrogen) atoms. The topological polar surface area (TPSA) is 12.5 Å². The highest BCUT2D eigenvalue weighted by Gasteiger charge is 2.27. The summed E-state index contributed by atoms with van der Waals surface area (Å²) in [5, 5.41) is 4.76. The molecule has 0 bridgehead atoms. The Hall–Kier alpha value is -8.46. The van der Waals surface area contributed by atoms with Gasteiger partial charge in [-0.15, -0.1) is 0 Å². The molecule has 0 amide bonds. The first-order chi connectivity index (χ1) is 31.7. The highest BCUT2D eigenvalue weighted by Crippen LogP contribution is 2.53. The van der Waals surface area contributed by atoms with E-state index in [1.807, 2.05) is 0 Å². The van der Waals surface area contributed by atoms with Crippen LogP contribution in [-0.2, 0) is 0 Å². The summed E-state index contributed by atoms with van der Waals surface area (Å²) in [5.41, 5.74) is 17.0. The molecule has 0 spiro atoms.